The van der Waals surface area contributed by atoms with Crippen LogP contribution in [-0.2, 0) is 66.9 Å². The summed E-state index contributed by atoms with van der Waals surface area (Å²) in [5.74, 6) is -7.41. The number of carbonyl (C=O) groups excluding carboxylic acids is 3. The third-order valence-electron chi connectivity index (χ3n) is 10.6. The summed E-state index contributed by atoms with van der Waals surface area (Å²) in [6.45, 7) is -1.38. The summed E-state index contributed by atoms with van der Waals surface area (Å²) < 4.78 is 74.7. The molecule has 0 aromatic heterocycles. The van der Waals surface area contributed by atoms with E-state index >= 15 is 0 Å². The van der Waals surface area contributed by atoms with Gasteiger partial charge in [-0.15, -0.1) is 0 Å². The van der Waals surface area contributed by atoms with Crippen LogP contribution in [0.15, 0.2) is 0 Å². The quantitative estimate of drug-likeness (QED) is 0.0567. The van der Waals surface area contributed by atoms with Crippen LogP contribution < -0.4 is 16.0 Å². The highest BCUT2D eigenvalue weighted by atomic mass is 32.3. The maximum Gasteiger partial charge on any atom is 0.397 e. The predicted molar refractivity (Wildman–Crippen MR) is 196 cm³/mol. The van der Waals surface area contributed by atoms with Crippen molar-refractivity contribution in [1.82, 2.24) is 16.0 Å². The number of carboxylic acid groups (broad SMARTS) is 1. The molecular weight excluding hydrogens is 902 g/mol. The van der Waals surface area contributed by atoms with E-state index < -0.39 is 195 Å². The van der Waals surface area contributed by atoms with E-state index in [1.165, 1.54) is 0 Å². The maximum absolute atomic E-state index is 12.7. The number of ether oxygens (including phenoxy) is 7. The Hall–Kier alpha value is -2.97. The number of nitrogens with one attached hydrogen (secondary N) is 3. The third kappa shape index (κ3) is 12.7. The summed E-state index contributed by atoms with van der Waals surface area (Å²) in [5, 5.41) is 134. The lowest BCUT2D eigenvalue weighted by Crippen LogP contribution is -2.71. The topological polar surface area (TPSA) is 475 Å². The highest BCUT2D eigenvalue weighted by Crippen LogP contribution is 2.36. The Labute approximate surface area is 362 Å². The molecule has 0 unspecified atom stereocenters. The van der Waals surface area contributed by atoms with E-state index in [0.29, 0.717) is 0 Å². The van der Waals surface area contributed by atoms with Crippen LogP contribution in [0.3, 0.4) is 0 Å². The fourth-order valence-electron chi connectivity index (χ4n) is 7.48. The molecule has 21 atom stereocenters. The van der Waals surface area contributed by atoms with Crippen LogP contribution in [0.4, 0.5) is 0 Å². The van der Waals surface area contributed by atoms with Crippen LogP contribution in [0.1, 0.15) is 27.2 Å². The van der Waals surface area contributed by atoms with Crippen LogP contribution in [0.25, 0.3) is 0 Å². The standard InChI is InChI=1S/C33H55N3O27S/c1-9(39)34-17-12(42)4-33(32(51)52,63-28(17)20(44)13(43)5-37)56-7-15-22(46)27(19(29(50)58-15)36-11(3)41)62-30-18(35-10(2)40)23(47)26(14(6-38)59-30)61-31-25(49)24(48)21(45)16(60-31)8-57-64(53,54)55/h12-31,37-38,42-50H,4-8H2,1-3H3,(H,34,39)(H,35,40)(H,36,41)(H,51,52)(H,53,54,55)/t12-,13+,14+,15+,16+,17+,18+,19+,20+,21-,22-,23+,24-,25+,26+,27+,28+,29+,30-,31-,33+/m0/s1. The number of aliphatic hydroxyl groups is 11. The number of hydrogen-bond acceptors (Lipinski definition) is 25. The van der Waals surface area contributed by atoms with Gasteiger partial charge in [-0.25, -0.2) is 8.98 Å². The van der Waals surface area contributed by atoms with Crippen molar-refractivity contribution in [3.63, 3.8) is 0 Å². The van der Waals surface area contributed by atoms with Gasteiger partial charge in [0.15, 0.2) is 18.9 Å². The molecule has 3 amide bonds. The second-order valence-electron chi connectivity index (χ2n) is 15.3. The molecule has 64 heavy (non-hydrogen) atoms. The average molecular weight is 958 g/mol. The molecule has 30 nitrogen and oxygen atoms in total. The van der Waals surface area contributed by atoms with E-state index in [4.69, 9.17) is 37.7 Å². The van der Waals surface area contributed by atoms with Crippen molar-refractivity contribution in [2.75, 3.05) is 26.4 Å². The first-order chi connectivity index (χ1) is 29.7. The largest absolute Gasteiger partial charge is 0.477 e. The van der Waals surface area contributed by atoms with E-state index in [0.717, 1.165) is 20.8 Å². The van der Waals surface area contributed by atoms with Crippen LogP contribution in [0, 0.1) is 0 Å². The third-order valence-corrected chi connectivity index (χ3v) is 11.0. The number of carboxylic acids is 1. The highest BCUT2D eigenvalue weighted by molar-refractivity contribution is 7.80. The molecule has 4 aliphatic rings. The molecule has 4 saturated heterocycles. The van der Waals surface area contributed by atoms with Crippen molar-refractivity contribution in [3.05, 3.63) is 0 Å². The van der Waals surface area contributed by atoms with Gasteiger partial charge < -0.3 is 110 Å². The molecular formula is C33H55N3O27S. The molecule has 0 bridgehead atoms. The molecule has 16 N–H and O–H groups in total. The molecule has 0 radical (unpaired) electrons. The van der Waals surface area contributed by atoms with Gasteiger partial charge in [-0.05, 0) is 0 Å². The molecule has 4 heterocycles. The van der Waals surface area contributed by atoms with Gasteiger partial charge in [0.05, 0.1) is 38.6 Å². The van der Waals surface area contributed by atoms with Crippen molar-refractivity contribution in [2.24, 2.45) is 0 Å². The predicted octanol–water partition coefficient (Wildman–Crippen LogP) is -10.3. The van der Waals surface area contributed by atoms with Gasteiger partial charge in [0, 0.05) is 27.2 Å². The zero-order valence-electron chi connectivity index (χ0n) is 34.0. The second kappa shape index (κ2) is 22.2. The Morgan fingerprint density at radius 3 is 1.80 bits per heavy atom. The molecule has 0 saturated carbocycles. The smallest absolute Gasteiger partial charge is 0.397 e. The first-order valence-electron chi connectivity index (χ1n) is 19.4. The lowest BCUT2D eigenvalue weighted by molar-refractivity contribution is -0.361. The lowest BCUT2D eigenvalue weighted by Gasteiger charge is -2.50. The number of aliphatic hydroxyl groups excluding tert-OH is 11. The van der Waals surface area contributed by atoms with Crippen LogP contribution >= 0.6 is 0 Å². The Kier molecular flexibility index (Phi) is 18.6. The molecule has 4 fully saturated rings. The average Bonchev–Trinajstić information content (AvgIpc) is 3.20. The highest BCUT2D eigenvalue weighted by Gasteiger charge is 2.58. The molecule has 0 aliphatic carbocycles. The summed E-state index contributed by atoms with van der Waals surface area (Å²) in [6, 6.07) is -5.12. The maximum atomic E-state index is 12.7. The SMILES string of the molecule is CC(=O)N[C@@H]1[C@@H](O[C@@H]2O[C@H](CO)[C@@H](O[C@@H]3O[C@H](COS(=O)(=O)O)[C@H](O)[C@H](O)[C@H]3O)[C@H](O)[C@H]2NC(C)=O)[C@@H](O)[C@@H](CO[C@]2(C(=O)O)C[C@H](O)[C@@H](NC(C)=O)[C@H]([C@H](O)[C@H](O)CO)O2)O[C@H]1O. The molecule has 370 valence electrons. The van der Waals surface area contributed by atoms with E-state index in [9.17, 15) is 88.9 Å². The Morgan fingerprint density at radius 1 is 0.703 bits per heavy atom. The van der Waals surface area contributed by atoms with Gasteiger partial charge in [-0.1, -0.05) is 0 Å². The minimum Gasteiger partial charge on any atom is -0.477 e. The van der Waals surface area contributed by atoms with Gasteiger partial charge in [-0.2, -0.15) is 8.42 Å². The summed E-state index contributed by atoms with van der Waals surface area (Å²) in [5.41, 5.74) is 0. The van der Waals surface area contributed by atoms with Crippen LogP contribution in [0.5, 0.6) is 0 Å². The summed E-state index contributed by atoms with van der Waals surface area (Å²) in [4.78, 5) is 49.3. The fourth-order valence-corrected chi connectivity index (χ4v) is 7.79. The van der Waals surface area contributed by atoms with Gasteiger partial charge in [0.1, 0.15) is 91.4 Å². The molecule has 0 aromatic rings. The lowest BCUT2D eigenvalue weighted by atomic mass is 9.88. The molecule has 4 aliphatic heterocycles. The fraction of sp³-hybridized carbons (Fsp3) is 0.879. The Balaban J connectivity index is 1.62. The monoisotopic (exact) mass is 957 g/mol. The Morgan fingerprint density at radius 2 is 1.25 bits per heavy atom. The van der Waals surface area contributed by atoms with Gasteiger partial charge in [-0.3, -0.25) is 18.9 Å². The van der Waals surface area contributed by atoms with Crippen molar-refractivity contribution in [2.45, 2.75) is 155 Å². The first-order valence-corrected chi connectivity index (χ1v) is 20.7. The number of rotatable bonds is 18. The van der Waals surface area contributed by atoms with Gasteiger partial charge in [0.25, 0.3) is 5.79 Å². The second-order valence-corrected chi connectivity index (χ2v) is 16.4. The zero-order valence-corrected chi connectivity index (χ0v) is 34.8. The number of amides is 3. The van der Waals surface area contributed by atoms with Crippen molar-refractivity contribution in [1.29, 1.82) is 0 Å². The summed E-state index contributed by atoms with van der Waals surface area (Å²) in [6.07, 6.45) is -34.9. The van der Waals surface area contributed by atoms with Crippen molar-refractivity contribution >= 4 is 34.1 Å². The normalized spacial score (nSPS) is 41.6. The van der Waals surface area contributed by atoms with Crippen LogP contribution in [0.2, 0.25) is 0 Å². The first kappa shape index (κ1) is 53.6. The zero-order chi connectivity index (χ0) is 48.2. The van der Waals surface area contributed by atoms with Crippen LogP contribution in [-0.4, -0.2) is 253 Å². The van der Waals surface area contributed by atoms with E-state index in [1.54, 1.807) is 0 Å². The molecule has 31 heteroatoms. The van der Waals surface area contributed by atoms with E-state index in [-0.39, 0.29) is 0 Å². The minimum absolute atomic E-state index is 0.777. The Bertz CT molecular complexity index is 1720. The van der Waals surface area contributed by atoms with Crippen molar-refractivity contribution in [3.8, 4) is 0 Å². The number of carbonyl (C=O) groups is 4. The van der Waals surface area contributed by atoms with Gasteiger partial charge in [0.2, 0.25) is 17.7 Å². The summed E-state index contributed by atoms with van der Waals surface area (Å²) in [7, 11) is -5.10. The minimum atomic E-state index is -5.10. The number of aliphatic carboxylic acids is 1. The molecule has 4 rings (SSSR count). The van der Waals surface area contributed by atoms with E-state index in [2.05, 4.69) is 20.1 Å². The van der Waals surface area contributed by atoms with E-state index in [1.807, 2.05) is 0 Å². The van der Waals surface area contributed by atoms with Gasteiger partial charge >= 0.3 is 16.4 Å². The summed E-state index contributed by atoms with van der Waals surface area (Å²) >= 11 is 0. The van der Waals surface area contributed by atoms with Crippen molar-refractivity contribution < 1.29 is 131 Å². The number of hydrogen-bond donors (Lipinski definition) is 16. The molecule has 0 spiro atoms. The molecule has 0 aromatic carbocycles.